The number of hydrogen-bond acceptors (Lipinski definition) is 3. The fraction of sp³-hybridized carbons (Fsp3) is 0. The van der Waals surface area contributed by atoms with Crippen LogP contribution in [0, 0.1) is 0 Å². The molecule has 0 N–H and O–H groups in total. The van der Waals surface area contributed by atoms with Gasteiger partial charge in [0.05, 0.1) is 33.1 Å². The molecule has 0 atom stereocenters. The van der Waals surface area contributed by atoms with Crippen LogP contribution in [0.4, 0.5) is 0 Å². The van der Waals surface area contributed by atoms with Gasteiger partial charge in [-0.1, -0.05) is 78.9 Å². The number of rotatable bonds is 3. The standard InChI is InChI=1S/C49H28BN7/c1-3-13-30(14-4-1)54-38-22-8-7-17-32(38)42-44-46-36(23-26-52-44)50-35-20-11-18-33-41-34-19-12-25-53-47(34)55(31-15-5-2-6-16-31)48(41)56(45(33)35)39-27-29(37-21-9-10-24-51-37)28-40(43(39)50)57(46)49(42)54/h1-28H. The zero-order chi connectivity index (χ0) is 36.9. The molecule has 0 saturated heterocycles. The summed E-state index contributed by atoms with van der Waals surface area (Å²) in [7, 11) is 0. The largest absolute Gasteiger partial charge is 0.296 e. The van der Waals surface area contributed by atoms with Crippen molar-refractivity contribution in [2.75, 3.05) is 0 Å². The molecule has 14 rings (SSSR count). The maximum absolute atomic E-state index is 5.23. The number of para-hydroxylation sites is 4. The maximum atomic E-state index is 5.23. The van der Waals surface area contributed by atoms with Crippen LogP contribution in [0.15, 0.2) is 170 Å². The molecule has 0 bridgehead atoms. The summed E-state index contributed by atoms with van der Waals surface area (Å²) in [6.07, 6.45) is 5.82. The Bertz CT molecular complexity index is 3470. The Morgan fingerprint density at radius 2 is 1.11 bits per heavy atom. The van der Waals surface area contributed by atoms with Crippen LogP contribution in [-0.2, 0) is 0 Å². The molecule has 8 heteroatoms. The van der Waals surface area contributed by atoms with Crippen LogP contribution in [0.25, 0.3) is 99.9 Å². The summed E-state index contributed by atoms with van der Waals surface area (Å²) in [5.41, 5.74) is 18.0. The van der Waals surface area contributed by atoms with Gasteiger partial charge in [-0.15, -0.1) is 0 Å². The third-order valence-electron chi connectivity index (χ3n) is 12.5. The van der Waals surface area contributed by atoms with Gasteiger partial charge in [0.2, 0.25) is 0 Å². The Labute approximate surface area is 325 Å². The van der Waals surface area contributed by atoms with E-state index in [2.05, 4.69) is 164 Å². The lowest BCUT2D eigenvalue weighted by molar-refractivity contribution is 1.04. The Balaban J connectivity index is 1.24. The van der Waals surface area contributed by atoms with Crippen molar-refractivity contribution in [1.82, 2.24) is 33.2 Å². The summed E-state index contributed by atoms with van der Waals surface area (Å²) in [5, 5.41) is 5.93. The Hall–Kier alpha value is -7.71. The van der Waals surface area contributed by atoms with Crippen LogP contribution in [0.1, 0.15) is 0 Å². The lowest BCUT2D eigenvalue weighted by Gasteiger charge is -2.34. The van der Waals surface area contributed by atoms with E-state index in [4.69, 9.17) is 15.0 Å². The number of benzene rings is 5. The first kappa shape index (κ1) is 29.6. The molecular weight excluding hydrogens is 697 g/mol. The van der Waals surface area contributed by atoms with Crippen LogP contribution < -0.4 is 16.4 Å². The van der Waals surface area contributed by atoms with E-state index in [1.807, 2.05) is 24.7 Å². The van der Waals surface area contributed by atoms with Crippen LogP contribution in [0.2, 0.25) is 0 Å². The van der Waals surface area contributed by atoms with Crippen LogP contribution in [-0.4, -0.2) is 39.9 Å². The van der Waals surface area contributed by atoms with E-state index in [9.17, 15) is 0 Å². The molecule has 7 nitrogen and oxygen atoms in total. The first-order valence-corrected chi connectivity index (χ1v) is 19.4. The van der Waals surface area contributed by atoms with Crippen LogP contribution in [0.5, 0.6) is 0 Å². The van der Waals surface area contributed by atoms with Gasteiger partial charge in [0.25, 0.3) is 6.71 Å². The van der Waals surface area contributed by atoms with Gasteiger partial charge >= 0.3 is 0 Å². The van der Waals surface area contributed by atoms with Crippen molar-refractivity contribution in [3.05, 3.63) is 170 Å². The lowest BCUT2D eigenvalue weighted by atomic mass is 9.34. The third kappa shape index (κ3) is 3.57. The number of nitrogens with zero attached hydrogens (tertiary/aromatic N) is 7. The van der Waals surface area contributed by atoms with E-state index in [1.54, 1.807) is 0 Å². The van der Waals surface area contributed by atoms with Gasteiger partial charge in [0.15, 0.2) is 0 Å². The number of aromatic nitrogens is 7. The van der Waals surface area contributed by atoms with E-state index in [0.717, 1.165) is 78.3 Å². The van der Waals surface area contributed by atoms with Gasteiger partial charge < -0.3 is 0 Å². The number of pyridine rings is 3. The molecule has 0 fully saturated rings. The second kappa shape index (κ2) is 10.5. The molecule has 0 spiro atoms. The number of hydrogen-bond donors (Lipinski definition) is 0. The van der Waals surface area contributed by atoms with E-state index in [1.165, 1.54) is 38.1 Å². The van der Waals surface area contributed by atoms with Crippen molar-refractivity contribution in [3.63, 3.8) is 0 Å². The highest BCUT2D eigenvalue weighted by Crippen LogP contribution is 2.45. The number of fused-ring (bicyclic) bond motifs is 14. The molecule has 5 aromatic carbocycles. The minimum absolute atomic E-state index is 0.0222. The second-order valence-electron chi connectivity index (χ2n) is 15.2. The summed E-state index contributed by atoms with van der Waals surface area (Å²) < 4.78 is 9.84. The van der Waals surface area contributed by atoms with E-state index >= 15 is 0 Å². The molecule has 57 heavy (non-hydrogen) atoms. The molecule has 2 aliphatic heterocycles. The molecule has 12 aromatic rings. The minimum Gasteiger partial charge on any atom is -0.296 e. The van der Waals surface area contributed by atoms with Crippen molar-refractivity contribution in [2.45, 2.75) is 0 Å². The Morgan fingerprint density at radius 3 is 1.91 bits per heavy atom. The fourth-order valence-electron chi connectivity index (χ4n) is 10.4. The molecule has 262 valence electrons. The van der Waals surface area contributed by atoms with Crippen molar-refractivity contribution < 1.29 is 0 Å². The average molecular weight is 726 g/mol. The highest BCUT2D eigenvalue weighted by atomic mass is 15.2. The molecule has 0 aliphatic carbocycles. The summed E-state index contributed by atoms with van der Waals surface area (Å²) >= 11 is 0. The molecule has 0 saturated carbocycles. The predicted molar refractivity (Wildman–Crippen MR) is 232 cm³/mol. The zero-order valence-corrected chi connectivity index (χ0v) is 30.4. The predicted octanol–water partition coefficient (Wildman–Crippen LogP) is 8.76. The first-order valence-electron chi connectivity index (χ1n) is 19.4. The van der Waals surface area contributed by atoms with Gasteiger partial charge in [0.1, 0.15) is 16.9 Å². The van der Waals surface area contributed by atoms with E-state index in [0.29, 0.717) is 0 Å². The average Bonchev–Trinajstić information content (AvgIpc) is 4.00. The molecule has 0 radical (unpaired) electrons. The molecule has 0 amide bonds. The SMILES string of the molecule is c1ccc(-n2c3ccccc3c3c4nccc5c4n(c32)-c2cc(-c3ccccn3)cc3c2B5c2cccc4c5c6cccnc6n(-c6ccccc6)c5n-3c24)cc1. The normalized spacial score (nSPS) is 12.9. The summed E-state index contributed by atoms with van der Waals surface area (Å²) in [5.74, 6) is 0. The first-order chi connectivity index (χ1) is 28.3. The summed E-state index contributed by atoms with van der Waals surface area (Å²) in [6, 6.07) is 54.5. The Morgan fingerprint density at radius 1 is 0.439 bits per heavy atom. The Kier molecular flexibility index (Phi) is 5.47. The molecule has 9 heterocycles. The van der Waals surface area contributed by atoms with Gasteiger partial charge in [0, 0.05) is 68.4 Å². The van der Waals surface area contributed by atoms with E-state index in [-0.39, 0.29) is 6.71 Å². The fourth-order valence-corrected chi connectivity index (χ4v) is 10.4. The van der Waals surface area contributed by atoms with Crippen molar-refractivity contribution in [1.29, 1.82) is 0 Å². The highest BCUT2D eigenvalue weighted by Gasteiger charge is 2.43. The lowest BCUT2D eigenvalue weighted by Crippen LogP contribution is -2.59. The van der Waals surface area contributed by atoms with Gasteiger partial charge in [-0.3, -0.25) is 28.2 Å². The van der Waals surface area contributed by atoms with E-state index < -0.39 is 0 Å². The molecule has 0 unspecified atom stereocenters. The van der Waals surface area contributed by atoms with Crippen LogP contribution >= 0.6 is 0 Å². The zero-order valence-electron chi connectivity index (χ0n) is 30.4. The topological polar surface area (TPSA) is 58.4 Å². The minimum atomic E-state index is -0.0222. The summed E-state index contributed by atoms with van der Waals surface area (Å²) in [6.45, 7) is -0.0222. The van der Waals surface area contributed by atoms with Crippen LogP contribution in [0.3, 0.4) is 0 Å². The van der Waals surface area contributed by atoms with Gasteiger partial charge in [-0.05, 0) is 89.2 Å². The second-order valence-corrected chi connectivity index (χ2v) is 15.2. The molecule has 2 aliphatic rings. The van der Waals surface area contributed by atoms with Gasteiger partial charge in [-0.25, -0.2) is 4.98 Å². The molecule has 7 aromatic heterocycles. The smallest absolute Gasteiger partial charge is 0.252 e. The molecular formula is C49H28BN7. The maximum Gasteiger partial charge on any atom is 0.252 e. The van der Waals surface area contributed by atoms with Crippen molar-refractivity contribution in [2.24, 2.45) is 0 Å². The van der Waals surface area contributed by atoms with Crippen molar-refractivity contribution in [3.8, 4) is 34.0 Å². The summed E-state index contributed by atoms with van der Waals surface area (Å²) in [4.78, 5) is 15.2. The quantitative estimate of drug-likeness (QED) is 0.171. The highest BCUT2D eigenvalue weighted by molar-refractivity contribution is 7.00. The van der Waals surface area contributed by atoms with Gasteiger partial charge in [-0.2, -0.15) is 0 Å². The monoisotopic (exact) mass is 725 g/mol. The third-order valence-corrected chi connectivity index (χ3v) is 12.5. The van der Waals surface area contributed by atoms with Crippen molar-refractivity contribution >= 4 is 89.0 Å².